The Kier molecular flexibility index (Phi) is 4.37. The van der Waals surface area contributed by atoms with Crippen molar-refractivity contribution in [3.63, 3.8) is 0 Å². The third-order valence-electron chi connectivity index (χ3n) is 3.71. The summed E-state index contributed by atoms with van der Waals surface area (Å²) in [5, 5.41) is 5.61. The zero-order valence-electron chi connectivity index (χ0n) is 13.5. The summed E-state index contributed by atoms with van der Waals surface area (Å²) in [6.07, 6.45) is 0. The molecule has 1 aliphatic heterocycles. The number of benzene rings is 2. The number of carbonyl (C=O) groups is 2. The monoisotopic (exact) mass is 326 g/mol. The minimum atomic E-state index is -0.186. The zero-order valence-corrected chi connectivity index (χ0v) is 13.5. The predicted octanol–water partition coefficient (Wildman–Crippen LogP) is 2.86. The van der Waals surface area contributed by atoms with Crippen LogP contribution in [0.2, 0.25) is 0 Å². The maximum Gasteiger partial charge on any atom is 0.251 e. The second kappa shape index (κ2) is 6.62. The van der Waals surface area contributed by atoms with Crippen LogP contribution in [0.4, 0.5) is 5.69 Å². The fourth-order valence-corrected chi connectivity index (χ4v) is 2.45. The van der Waals surface area contributed by atoms with Crippen molar-refractivity contribution < 1.29 is 19.1 Å². The summed E-state index contributed by atoms with van der Waals surface area (Å²) < 4.78 is 10.6. The Morgan fingerprint density at radius 3 is 2.46 bits per heavy atom. The van der Waals surface area contributed by atoms with Crippen LogP contribution in [-0.4, -0.2) is 18.6 Å². The highest BCUT2D eigenvalue weighted by Crippen LogP contribution is 2.34. The van der Waals surface area contributed by atoms with Gasteiger partial charge in [-0.2, -0.15) is 0 Å². The lowest BCUT2D eigenvalue weighted by Crippen LogP contribution is -2.26. The van der Waals surface area contributed by atoms with E-state index in [-0.39, 0.29) is 24.6 Å². The first kappa shape index (κ1) is 15.9. The summed E-state index contributed by atoms with van der Waals surface area (Å²) >= 11 is 0. The molecule has 0 radical (unpaired) electrons. The maximum absolute atomic E-state index is 12.3. The largest absolute Gasteiger partial charge is 0.454 e. The van der Waals surface area contributed by atoms with Gasteiger partial charge in [0.25, 0.3) is 5.91 Å². The molecule has 1 unspecified atom stereocenters. The van der Waals surface area contributed by atoms with E-state index < -0.39 is 0 Å². The van der Waals surface area contributed by atoms with Crippen molar-refractivity contribution in [3.05, 3.63) is 53.6 Å². The molecule has 1 atom stereocenters. The Hall–Kier alpha value is -3.02. The third-order valence-corrected chi connectivity index (χ3v) is 3.71. The molecule has 6 heteroatoms. The average Bonchev–Trinajstić information content (AvgIpc) is 3.02. The first-order chi connectivity index (χ1) is 11.5. The molecule has 0 bridgehead atoms. The van der Waals surface area contributed by atoms with Crippen molar-refractivity contribution in [3.8, 4) is 11.5 Å². The fraction of sp³-hybridized carbons (Fsp3) is 0.222. The Labute approximate surface area is 139 Å². The number of hydrogen-bond acceptors (Lipinski definition) is 4. The number of amides is 2. The second-order valence-electron chi connectivity index (χ2n) is 5.57. The molecular formula is C18H18N2O4. The van der Waals surface area contributed by atoms with Gasteiger partial charge < -0.3 is 20.1 Å². The van der Waals surface area contributed by atoms with Crippen LogP contribution in [0.1, 0.15) is 35.8 Å². The van der Waals surface area contributed by atoms with E-state index in [0.717, 1.165) is 5.56 Å². The quantitative estimate of drug-likeness (QED) is 0.906. The van der Waals surface area contributed by atoms with Crippen LogP contribution in [0.15, 0.2) is 42.5 Å². The van der Waals surface area contributed by atoms with Crippen LogP contribution in [0.25, 0.3) is 0 Å². The molecule has 2 aromatic carbocycles. The molecule has 2 aromatic rings. The molecular weight excluding hydrogens is 308 g/mol. The topological polar surface area (TPSA) is 76.7 Å². The van der Waals surface area contributed by atoms with Gasteiger partial charge in [0.15, 0.2) is 11.5 Å². The molecule has 124 valence electrons. The van der Waals surface area contributed by atoms with E-state index in [9.17, 15) is 9.59 Å². The molecule has 0 saturated heterocycles. The van der Waals surface area contributed by atoms with Gasteiger partial charge in [-0.15, -0.1) is 0 Å². The van der Waals surface area contributed by atoms with Gasteiger partial charge in [-0.25, -0.2) is 0 Å². The van der Waals surface area contributed by atoms with Gasteiger partial charge in [0, 0.05) is 18.2 Å². The molecule has 6 nitrogen and oxygen atoms in total. The van der Waals surface area contributed by atoms with Crippen molar-refractivity contribution in [2.24, 2.45) is 0 Å². The van der Waals surface area contributed by atoms with Gasteiger partial charge >= 0.3 is 0 Å². The van der Waals surface area contributed by atoms with E-state index in [1.165, 1.54) is 6.92 Å². The number of anilines is 1. The first-order valence-electron chi connectivity index (χ1n) is 7.61. The lowest BCUT2D eigenvalue weighted by Gasteiger charge is -2.15. The van der Waals surface area contributed by atoms with E-state index in [2.05, 4.69) is 10.6 Å². The summed E-state index contributed by atoms with van der Waals surface area (Å²) in [5.41, 5.74) is 2.11. The lowest BCUT2D eigenvalue weighted by molar-refractivity contribution is -0.114. The molecule has 0 fully saturated rings. The smallest absolute Gasteiger partial charge is 0.251 e. The van der Waals surface area contributed by atoms with Crippen LogP contribution in [0, 0.1) is 0 Å². The van der Waals surface area contributed by atoms with Crippen LogP contribution in [0.5, 0.6) is 11.5 Å². The minimum Gasteiger partial charge on any atom is -0.454 e. The highest BCUT2D eigenvalue weighted by molar-refractivity contribution is 5.95. The molecule has 0 aromatic heterocycles. The normalized spacial score (nSPS) is 13.2. The van der Waals surface area contributed by atoms with E-state index in [1.54, 1.807) is 24.3 Å². The fourth-order valence-electron chi connectivity index (χ4n) is 2.45. The Morgan fingerprint density at radius 2 is 1.75 bits per heavy atom. The van der Waals surface area contributed by atoms with E-state index in [0.29, 0.717) is 22.7 Å². The minimum absolute atomic E-state index is 0.149. The molecule has 0 aliphatic carbocycles. The van der Waals surface area contributed by atoms with Crippen LogP contribution in [0.3, 0.4) is 0 Å². The first-order valence-corrected chi connectivity index (χ1v) is 7.61. The third kappa shape index (κ3) is 3.48. The van der Waals surface area contributed by atoms with Crippen LogP contribution in [-0.2, 0) is 4.79 Å². The van der Waals surface area contributed by atoms with Gasteiger partial charge in [0.1, 0.15) is 0 Å². The second-order valence-corrected chi connectivity index (χ2v) is 5.57. The SMILES string of the molecule is CC(=O)Nc1ccc(C(=O)NC(C)c2ccc3c(c2)OCO3)cc1. The lowest BCUT2D eigenvalue weighted by atomic mass is 10.1. The molecule has 0 saturated carbocycles. The standard InChI is InChI=1S/C18H18N2O4/c1-11(14-5-8-16-17(9-14)24-10-23-16)19-18(22)13-3-6-15(7-4-13)20-12(2)21/h3-9,11H,10H2,1-2H3,(H,19,22)(H,20,21). The van der Waals surface area contributed by atoms with Crippen molar-refractivity contribution in [1.82, 2.24) is 5.32 Å². The molecule has 2 amide bonds. The number of rotatable bonds is 4. The summed E-state index contributed by atoms with van der Waals surface area (Å²) in [4.78, 5) is 23.3. The average molecular weight is 326 g/mol. The van der Waals surface area contributed by atoms with E-state index >= 15 is 0 Å². The number of carbonyl (C=O) groups excluding carboxylic acids is 2. The van der Waals surface area contributed by atoms with Gasteiger partial charge in [0.2, 0.25) is 12.7 Å². The zero-order chi connectivity index (χ0) is 17.1. The van der Waals surface area contributed by atoms with Crippen LogP contribution >= 0.6 is 0 Å². The molecule has 1 aliphatic rings. The molecule has 24 heavy (non-hydrogen) atoms. The Morgan fingerprint density at radius 1 is 1.04 bits per heavy atom. The summed E-state index contributed by atoms with van der Waals surface area (Å²) in [6.45, 7) is 3.56. The molecule has 0 spiro atoms. The Balaban J connectivity index is 1.66. The van der Waals surface area contributed by atoms with Gasteiger partial charge in [-0.1, -0.05) is 6.07 Å². The maximum atomic E-state index is 12.3. The highest BCUT2D eigenvalue weighted by atomic mass is 16.7. The van der Waals surface area contributed by atoms with Crippen molar-refractivity contribution >= 4 is 17.5 Å². The Bertz CT molecular complexity index is 771. The number of fused-ring (bicyclic) bond motifs is 1. The molecule has 3 rings (SSSR count). The van der Waals surface area contributed by atoms with Gasteiger partial charge in [0.05, 0.1) is 6.04 Å². The van der Waals surface area contributed by atoms with Crippen molar-refractivity contribution in [1.29, 1.82) is 0 Å². The number of hydrogen-bond donors (Lipinski definition) is 2. The van der Waals surface area contributed by atoms with E-state index in [1.807, 2.05) is 25.1 Å². The van der Waals surface area contributed by atoms with Crippen molar-refractivity contribution in [2.75, 3.05) is 12.1 Å². The van der Waals surface area contributed by atoms with Gasteiger partial charge in [-0.3, -0.25) is 9.59 Å². The van der Waals surface area contributed by atoms with E-state index in [4.69, 9.17) is 9.47 Å². The van der Waals surface area contributed by atoms with Gasteiger partial charge in [-0.05, 0) is 48.9 Å². The summed E-state index contributed by atoms with van der Waals surface area (Å²) in [5.74, 6) is 1.07. The number of nitrogens with one attached hydrogen (secondary N) is 2. The molecule has 1 heterocycles. The molecule has 2 N–H and O–H groups in total. The summed E-state index contributed by atoms with van der Waals surface area (Å²) in [6, 6.07) is 12.2. The summed E-state index contributed by atoms with van der Waals surface area (Å²) in [7, 11) is 0. The number of ether oxygens (including phenoxy) is 2. The predicted molar refractivity (Wildman–Crippen MR) is 89.2 cm³/mol. The van der Waals surface area contributed by atoms with Crippen molar-refractivity contribution in [2.45, 2.75) is 19.9 Å². The van der Waals surface area contributed by atoms with Crippen LogP contribution < -0.4 is 20.1 Å². The highest BCUT2D eigenvalue weighted by Gasteiger charge is 2.17.